The monoisotopic (exact) mass is 369 g/mol. The van der Waals surface area contributed by atoms with E-state index in [2.05, 4.69) is 5.32 Å². The average molecular weight is 369 g/mol. The Morgan fingerprint density at radius 1 is 1.00 bits per heavy atom. The van der Waals surface area contributed by atoms with E-state index in [1.165, 1.54) is 18.2 Å². The molecular formula is C22H21F2NO2. The van der Waals surface area contributed by atoms with Gasteiger partial charge in [0.2, 0.25) is 5.91 Å². The summed E-state index contributed by atoms with van der Waals surface area (Å²) in [6.07, 6.45) is 0.800. The molecule has 1 N–H and O–H groups in total. The third-order valence-electron chi connectivity index (χ3n) is 4.30. The Labute approximate surface area is 157 Å². The highest BCUT2D eigenvalue weighted by atomic mass is 19.1. The van der Waals surface area contributed by atoms with Crippen molar-refractivity contribution in [3.05, 3.63) is 83.6 Å². The number of halogens is 2. The van der Waals surface area contributed by atoms with Crippen molar-refractivity contribution in [1.82, 2.24) is 5.32 Å². The molecule has 140 valence electrons. The van der Waals surface area contributed by atoms with Crippen LogP contribution >= 0.6 is 0 Å². The van der Waals surface area contributed by atoms with Crippen LogP contribution in [0.3, 0.4) is 0 Å². The fraction of sp³-hybridized carbons (Fsp3) is 0.227. The molecule has 0 aliphatic heterocycles. The van der Waals surface area contributed by atoms with Gasteiger partial charge in [-0.1, -0.05) is 36.4 Å². The second-order valence-corrected chi connectivity index (χ2v) is 6.50. The van der Waals surface area contributed by atoms with Crippen molar-refractivity contribution in [2.45, 2.75) is 32.2 Å². The van der Waals surface area contributed by atoms with E-state index in [1.807, 2.05) is 42.5 Å². The summed E-state index contributed by atoms with van der Waals surface area (Å²) >= 11 is 0. The molecule has 1 atom stereocenters. The molecule has 3 aromatic rings. The van der Waals surface area contributed by atoms with Crippen LogP contribution in [0.2, 0.25) is 0 Å². The summed E-state index contributed by atoms with van der Waals surface area (Å²) < 4.78 is 33.2. The van der Waals surface area contributed by atoms with Crippen molar-refractivity contribution < 1.29 is 18.0 Å². The second-order valence-electron chi connectivity index (χ2n) is 6.50. The highest BCUT2D eigenvalue weighted by Crippen LogP contribution is 2.22. The van der Waals surface area contributed by atoms with Crippen LogP contribution in [0.25, 0.3) is 11.3 Å². The lowest BCUT2D eigenvalue weighted by molar-refractivity contribution is -0.121. The molecule has 1 unspecified atom stereocenters. The zero-order valence-electron chi connectivity index (χ0n) is 15.0. The van der Waals surface area contributed by atoms with E-state index in [1.54, 1.807) is 6.92 Å². The molecular weight excluding hydrogens is 348 g/mol. The lowest BCUT2D eigenvalue weighted by Gasteiger charge is -2.14. The second kappa shape index (κ2) is 8.62. The first-order chi connectivity index (χ1) is 13.0. The largest absolute Gasteiger partial charge is 0.461 e. The van der Waals surface area contributed by atoms with Crippen molar-refractivity contribution in [2.24, 2.45) is 0 Å². The zero-order chi connectivity index (χ0) is 19.2. The Bertz CT molecular complexity index is 885. The Hall–Kier alpha value is -2.95. The summed E-state index contributed by atoms with van der Waals surface area (Å²) in [5.74, 6) is 0.100. The van der Waals surface area contributed by atoms with Crippen LogP contribution in [-0.4, -0.2) is 11.9 Å². The minimum absolute atomic E-state index is 0.0103. The van der Waals surface area contributed by atoms with Gasteiger partial charge < -0.3 is 9.73 Å². The Morgan fingerprint density at radius 2 is 1.70 bits per heavy atom. The summed E-state index contributed by atoms with van der Waals surface area (Å²) in [5.41, 5.74) is 0.970. The quantitative estimate of drug-likeness (QED) is 0.643. The Balaban J connectivity index is 1.50. The molecule has 2 aromatic carbocycles. The fourth-order valence-corrected chi connectivity index (χ4v) is 2.94. The van der Waals surface area contributed by atoms with Crippen molar-refractivity contribution in [1.29, 1.82) is 0 Å². The number of carbonyl (C=O) groups is 1. The van der Waals surface area contributed by atoms with Crippen LogP contribution in [0.15, 0.2) is 65.1 Å². The maximum absolute atomic E-state index is 13.7. The van der Waals surface area contributed by atoms with Crippen LogP contribution in [-0.2, 0) is 17.6 Å². The molecule has 0 saturated carbocycles. The summed E-state index contributed by atoms with van der Waals surface area (Å²) in [4.78, 5) is 12.1. The maximum Gasteiger partial charge on any atom is 0.220 e. The molecule has 0 bridgehead atoms. The molecule has 1 amide bonds. The molecule has 1 heterocycles. The number of nitrogens with one attached hydrogen (secondary N) is 1. The van der Waals surface area contributed by atoms with E-state index < -0.39 is 11.6 Å². The van der Waals surface area contributed by atoms with Crippen LogP contribution in [0.1, 0.15) is 24.7 Å². The van der Waals surface area contributed by atoms with Gasteiger partial charge in [-0.2, -0.15) is 0 Å². The lowest BCUT2D eigenvalue weighted by atomic mass is 10.1. The van der Waals surface area contributed by atoms with Gasteiger partial charge in [0, 0.05) is 30.0 Å². The predicted octanol–water partition coefficient (Wildman–Crippen LogP) is 4.90. The van der Waals surface area contributed by atoms with Gasteiger partial charge in [-0.15, -0.1) is 0 Å². The van der Waals surface area contributed by atoms with Crippen LogP contribution in [0, 0.1) is 11.6 Å². The number of hydrogen-bond acceptors (Lipinski definition) is 2. The van der Waals surface area contributed by atoms with Crippen LogP contribution in [0.4, 0.5) is 8.78 Å². The number of benzene rings is 2. The van der Waals surface area contributed by atoms with Gasteiger partial charge >= 0.3 is 0 Å². The predicted molar refractivity (Wildman–Crippen MR) is 100 cm³/mol. The number of rotatable bonds is 7. The summed E-state index contributed by atoms with van der Waals surface area (Å²) in [6, 6.07) is 16.8. The summed E-state index contributed by atoms with van der Waals surface area (Å²) in [6.45, 7) is 1.73. The van der Waals surface area contributed by atoms with Gasteiger partial charge in [-0.3, -0.25) is 4.79 Å². The molecule has 0 aliphatic rings. The van der Waals surface area contributed by atoms with Gasteiger partial charge in [0.25, 0.3) is 0 Å². The molecule has 0 aliphatic carbocycles. The van der Waals surface area contributed by atoms with E-state index in [0.29, 0.717) is 6.42 Å². The number of carbonyl (C=O) groups excluding carboxylic acids is 1. The average Bonchev–Trinajstić information content (AvgIpc) is 3.13. The first-order valence-corrected chi connectivity index (χ1v) is 8.89. The zero-order valence-corrected chi connectivity index (χ0v) is 15.0. The van der Waals surface area contributed by atoms with Crippen molar-refractivity contribution in [2.75, 3.05) is 0 Å². The minimum atomic E-state index is -0.597. The number of furan rings is 1. The van der Waals surface area contributed by atoms with Crippen molar-refractivity contribution in [3.63, 3.8) is 0 Å². The third kappa shape index (κ3) is 5.03. The highest BCUT2D eigenvalue weighted by Gasteiger charge is 2.15. The number of hydrogen-bond donors (Lipinski definition) is 1. The molecule has 0 radical (unpaired) electrons. The summed E-state index contributed by atoms with van der Waals surface area (Å²) in [5, 5.41) is 2.78. The SMILES string of the molecule is CC(Cc1c(F)cccc1F)NC(=O)CCc1ccc(-c2ccccc2)o1. The molecule has 3 nitrogen and oxygen atoms in total. The molecule has 0 spiro atoms. The highest BCUT2D eigenvalue weighted by molar-refractivity contribution is 5.76. The third-order valence-corrected chi connectivity index (χ3v) is 4.30. The van der Waals surface area contributed by atoms with E-state index in [-0.39, 0.29) is 30.4 Å². The van der Waals surface area contributed by atoms with E-state index in [4.69, 9.17) is 4.42 Å². The fourth-order valence-electron chi connectivity index (χ4n) is 2.94. The topological polar surface area (TPSA) is 42.2 Å². The lowest BCUT2D eigenvalue weighted by Crippen LogP contribution is -2.34. The first kappa shape index (κ1) is 18.8. The molecule has 0 fully saturated rings. The van der Waals surface area contributed by atoms with Gasteiger partial charge in [-0.05, 0) is 37.6 Å². The Kier molecular flexibility index (Phi) is 6.01. The van der Waals surface area contributed by atoms with Crippen LogP contribution in [0.5, 0.6) is 0 Å². The molecule has 5 heteroatoms. The van der Waals surface area contributed by atoms with Crippen molar-refractivity contribution >= 4 is 5.91 Å². The molecule has 27 heavy (non-hydrogen) atoms. The number of amides is 1. The van der Waals surface area contributed by atoms with E-state index in [0.717, 1.165) is 17.1 Å². The minimum Gasteiger partial charge on any atom is -0.461 e. The normalized spacial score (nSPS) is 12.0. The van der Waals surface area contributed by atoms with Gasteiger partial charge in [0.15, 0.2) is 0 Å². The van der Waals surface area contributed by atoms with Crippen LogP contribution < -0.4 is 5.32 Å². The number of aryl methyl sites for hydroxylation is 1. The van der Waals surface area contributed by atoms with Crippen molar-refractivity contribution in [3.8, 4) is 11.3 Å². The maximum atomic E-state index is 13.7. The summed E-state index contributed by atoms with van der Waals surface area (Å²) in [7, 11) is 0. The van der Waals surface area contributed by atoms with Gasteiger partial charge in [0.05, 0.1) is 0 Å². The van der Waals surface area contributed by atoms with Gasteiger partial charge in [-0.25, -0.2) is 8.78 Å². The standard InChI is InChI=1S/C22H21F2NO2/c1-15(14-18-19(23)8-5-9-20(18)24)25-22(26)13-11-17-10-12-21(27-17)16-6-3-2-4-7-16/h2-10,12,15H,11,13-14H2,1H3,(H,25,26). The smallest absolute Gasteiger partial charge is 0.220 e. The molecule has 3 rings (SSSR count). The van der Waals surface area contributed by atoms with Gasteiger partial charge in [0.1, 0.15) is 23.2 Å². The van der Waals surface area contributed by atoms with E-state index in [9.17, 15) is 13.6 Å². The Morgan fingerprint density at radius 3 is 2.41 bits per heavy atom. The molecule has 0 saturated heterocycles. The first-order valence-electron chi connectivity index (χ1n) is 8.89. The molecule has 1 aromatic heterocycles. The van der Waals surface area contributed by atoms with E-state index >= 15 is 0 Å².